The molecule has 1 heteroatoms. The van der Waals surface area contributed by atoms with Crippen molar-refractivity contribution in [3.8, 4) is 11.1 Å². The highest BCUT2D eigenvalue weighted by molar-refractivity contribution is 6.03. The van der Waals surface area contributed by atoms with Crippen LogP contribution in [0.15, 0.2) is 48.6 Å². The van der Waals surface area contributed by atoms with Gasteiger partial charge in [-0.15, -0.1) is 0 Å². The minimum Gasteiger partial charge on any atom is -0.294 e. The van der Waals surface area contributed by atoms with Gasteiger partial charge in [0.15, 0.2) is 5.78 Å². The Morgan fingerprint density at radius 1 is 1.03 bits per heavy atom. The Balaban J connectivity index is 0.00000272. The van der Waals surface area contributed by atoms with Crippen molar-refractivity contribution in [3.63, 3.8) is 0 Å². The summed E-state index contributed by atoms with van der Waals surface area (Å²) in [7, 11) is 0. The quantitative estimate of drug-likeness (QED) is 0.437. The van der Waals surface area contributed by atoms with E-state index < -0.39 is 0 Å². The molecule has 0 spiro atoms. The zero-order chi connectivity index (χ0) is 21.1. The molecule has 2 aliphatic carbocycles. The van der Waals surface area contributed by atoms with Crippen LogP contribution >= 0.6 is 0 Å². The van der Waals surface area contributed by atoms with E-state index in [1.807, 2.05) is 0 Å². The van der Waals surface area contributed by atoms with Gasteiger partial charge in [-0.2, -0.15) is 0 Å². The molecule has 1 nitrogen and oxygen atoms in total. The fraction of sp³-hybridized carbons (Fsp3) is 0.414. The van der Waals surface area contributed by atoms with E-state index in [4.69, 9.17) is 0 Å². The summed E-state index contributed by atoms with van der Waals surface area (Å²) in [5, 5.41) is 0. The molecule has 0 heterocycles. The number of allylic oxidation sites excluding steroid dienone is 4. The smallest absolute Gasteiger partial charge is 0.163 e. The first kappa shape index (κ1) is 20.8. The molecular weight excluding hydrogens is 364 g/mol. The van der Waals surface area contributed by atoms with Crippen molar-refractivity contribution < 1.29 is 6.22 Å². The van der Waals surface area contributed by atoms with Gasteiger partial charge in [-0.3, -0.25) is 4.79 Å². The van der Waals surface area contributed by atoms with Gasteiger partial charge in [-0.05, 0) is 83.5 Å². The predicted octanol–water partition coefficient (Wildman–Crippen LogP) is 8.14. The molecule has 0 bridgehead atoms. The summed E-state index contributed by atoms with van der Waals surface area (Å²) in [6.07, 6.45) is 15.5. The van der Waals surface area contributed by atoms with Crippen LogP contribution in [0.25, 0.3) is 16.7 Å². The maximum atomic E-state index is 12.5. The Hall–Kier alpha value is -2.41. The second kappa shape index (κ2) is 9.16. The fourth-order valence-electron chi connectivity index (χ4n) is 5.16. The third-order valence-corrected chi connectivity index (χ3v) is 7.13. The van der Waals surface area contributed by atoms with Crippen molar-refractivity contribution in [2.24, 2.45) is 5.92 Å². The molecule has 0 aliphatic heterocycles. The van der Waals surface area contributed by atoms with Crippen LogP contribution in [0.1, 0.15) is 86.4 Å². The number of hydrogen-bond acceptors (Lipinski definition) is 1. The number of Topliss-reactive ketones (excluding diaryl/α,β-unsaturated/α-hetero) is 1. The van der Waals surface area contributed by atoms with Crippen molar-refractivity contribution in [1.29, 1.82) is 0 Å². The lowest BCUT2D eigenvalue weighted by molar-refractivity contribution is 0.0994. The SMILES string of the molecule is CCC(CC)CCCc1ccc2c(c1-c1cc(C3=CCC=C3)ccc1C)CCC2=O.[HH]. The average molecular weight is 401 g/mol. The molecule has 4 rings (SSSR count). The van der Waals surface area contributed by atoms with E-state index in [2.05, 4.69) is 69.3 Å². The van der Waals surface area contributed by atoms with Gasteiger partial charge in [-0.25, -0.2) is 0 Å². The van der Waals surface area contributed by atoms with Crippen LogP contribution in [0.3, 0.4) is 0 Å². The van der Waals surface area contributed by atoms with Crippen LogP contribution in [-0.2, 0) is 12.8 Å². The minimum absolute atomic E-state index is 0. The topological polar surface area (TPSA) is 17.1 Å². The third-order valence-electron chi connectivity index (χ3n) is 7.13. The average Bonchev–Trinajstić information content (AvgIpc) is 3.42. The third kappa shape index (κ3) is 4.08. The molecule has 0 N–H and O–H groups in total. The number of aryl methyl sites for hydroxylation is 2. The van der Waals surface area contributed by atoms with E-state index in [0.717, 1.165) is 30.7 Å². The Labute approximate surface area is 183 Å². The summed E-state index contributed by atoms with van der Waals surface area (Å²) < 4.78 is 0. The van der Waals surface area contributed by atoms with Gasteiger partial charge < -0.3 is 0 Å². The summed E-state index contributed by atoms with van der Waals surface area (Å²) in [6, 6.07) is 11.2. The first-order valence-electron chi connectivity index (χ1n) is 11.8. The Morgan fingerprint density at radius 3 is 2.60 bits per heavy atom. The van der Waals surface area contributed by atoms with Crippen LogP contribution in [0.4, 0.5) is 0 Å². The predicted molar refractivity (Wildman–Crippen MR) is 130 cm³/mol. The zero-order valence-corrected chi connectivity index (χ0v) is 18.8. The summed E-state index contributed by atoms with van der Waals surface area (Å²) in [5.74, 6) is 1.14. The van der Waals surface area contributed by atoms with E-state index in [0.29, 0.717) is 12.2 Å². The molecule has 0 unspecified atom stereocenters. The summed E-state index contributed by atoms with van der Waals surface area (Å²) in [5.41, 5.74) is 10.2. The van der Waals surface area contributed by atoms with E-state index in [1.54, 1.807) is 0 Å². The lowest BCUT2D eigenvalue weighted by Gasteiger charge is -2.19. The van der Waals surface area contributed by atoms with Gasteiger partial charge in [0.25, 0.3) is 0 Å². The Kier molecular flexibility index (Phi) is 6.37. The van der Waals surface area contributed by atoms with Crippen LogP contribution in [0, 0.1) is 12.8 Å². The molecule has 0 saturated carbocycles. The van der Waals surface area contributed by atoms with Gasteiger partial charge in [0.2, 0.25) is 0 Å². The number of rotatable bonds is 8. The van der Waals surface area contributed by atoms with E-state index in [1.165, 1.54) is 64.6 Å². The fourth-order valence-corrected chi connectivity index (χ4v) is 5.16. The van der Waals surface area contributed by atoms with Crippen LogP contribution in [-0.4, -0.2) is 5.78 Å². The van der Waals surface area contributed by atoms with Gasteiger partial charge in [0, 0.05) is 13.4 Å². The number of carbonyl (C=O) groups excluding carboxylic acids is 1. The summed E-state index contributed by atoms with van der Waals surface area (Å²) in [4.78, 5) is 12.5. The monoisotopic (exact) mass is 400 g/mol. The van der Waals surface area contributed by atoms with Gasteiger partial charge >= 0.3 is 0 Å². The highest BCUT2D eigenvalue weighted by Gasteiger charge is 2.25. The summed E-state index contributed by atoms with van der Waals surface area (Å²) >= 11 is 0. The molecule has 30 heavy (non-hydrogen) atoms. The molecule has 2 aromatic rings. The first-order chi connectivity index (χ1) is 14.6. The van der Waals surface area contributed by atoms with E-state index >= 15 is 0 Å². The zero-order valence-electron chi connectivity index (χ0n) is 18.8. The minimum atomic E-state index is 0. The Bertz CT molecular complexity index is 1010. The van der Waals surface area contributed by atoms with Crippen LogP contribution in [0.2, 0.25) is 0 Å². The highest BCUT2D eigenvalue weighted by atomic mass is 16.1. The highest BCUT2D eigenvalue weighted by Crippen LogP contribution is 2.39. The molecule has 2 aromatic carbocycles. The van der Waals surface area contributed by atoms with Crippen molar-refractivity contribution in [1.82, 2.24) is 0 Å². The number of fused-ring (bicyclic) bond motifs is 1. The standard InChI is InChI=1S/C29H34O.H2/c1-4-21(5-2)9-8-12-23-15-16-25-26(17-18-28(25)30)29(23)27-19-24(14-13-20(27)3)22-10-6-7-11-22;/h6,10-11,13-16,19,21H,4-5,7-9,12,17-18H2,1-3H3;1H. The van der Waals surface area contributed by atoms with Crippen molar-refractivity contribution >= 4 is 11.4 Å². The molecule has 0 aromatic heterocycles. The van der Waals surface area contributed by atoms with Crippen molar-refractivity contribution in [2.75, 3.05) is 0 Å². The number of benzene rings is 2. The molecule has 0 atom stereocenters. The normalized spacial score (nSPS) is 15.2. The molecule has 158 valence electrons. The van der Waals surface area contributed by atoms with Crippen LogP contribution in [0.5, 0.6) is 0 Å². The lowest BCUT2D eigenvalue weighted by Crippen LogP contribution is -2.02. The molecule has 2 aliphatic rings. The summed E-state index contributed by atoms with van der Waals surface area (Å²) in [6.45, 7) is 6.82. The van der Waals surface area contributed by atoms with Crippen molar-refractivity contribution in [3.05, 3.63) is 76.4 Å². The molecule has 0 radical (unpaired) electrons. The van der Waals surface area contributed by atoms with E-state index in [9.17, 15) is 4.79 Å². The maximum absolute atomic E-state index is 12.5. The molecule has 0 saturated heterocycles. The largest absolute Gasteiger partial charge is 0.294 e. The van der Waals surface area contributed by atoms with Crippen LogP contribution < -0.4 is 0 Å². The molecule has 0 fully saturated rings. The Morgan fingerprint density at radius 2 is 1.87 bits per heavy atom. The number of ketones is 1. The maximum Gasteiger partial charge on any atom is 0.163 e. The number of hydrogen-bond donors (Lipinski definition) is 0. The van der Waals surface area contributed by atoms with Gasteiger partial charge in [0.05, 0.1) is 0 Å². The van der Waals surface area contributed by atoms with Gasteiger partial charge in [0.1, 0.15) is 0 Å². The van der Waals surface area contributed by atoms with Gasteiger partial charge in [-0.1, -0.05) is 75.6 Å². The second-order valence-corrected chi connectivity index (χ2v) is 8.95. The first-order valence-corrected chi connectivity index (χ1v) is 11.8. The molecule has 0 amide bonds. The number of carbonyl (C=O) groups is 1. The van der Waals surface area contributed by atoms with E-state index in [-0.39, 0.29) is 1.43 Å². The second-order valence-electron chi connectivity index (χ2n) is 8.95. The molecular formula is C29H36O. The van der Waals surface area contributed by atoms with Crippen molar-refractivity contribution in [2.45, 2.75) is 72.1 Å². The lowest BCUT2D eigenvalue weighted by atomic mass is 9.85.